The minimum atomic E-state index is 1.03. The lowest BCUT2D eigenvalue weighted by Gasteiger charge is -2.37. The monoisotopic (exact) mass is 359 g/mol. The minimum Gasteiger partial charge on any atom is -0.369 e. The van der Waals surface area contributed by atoms with Crippen molar-refractivity contribution < 1.29 is 0 Å². The molecule has 3 heteroatoms. The number of hydrogen-bond donors (Lipinski definition) is 0. The molecule has 1 aliphatic rings. The van der Waals surface area contributed by atoms with Crippen LogP contribution in [0.2, 0.25) is 0 Å². The first-order chi connectivity index (χ1) is 13.2. The van der Waals surface area contributed by atoms with Crippen molar-refractivity contribution in [2.24, 2.45) is 0 Å². The van der Waals surface area contributed by atoms with Gasteiger partial charge in [0, 0.05) is 56.5 Å². The second kappa shape index (κ2) is 8.01. The Kier molecular flexibility index (Phi) is 5.30. The lowest BCUT2D eigenvalue weighted by molar-refractivity contribution is 0.250. The zero-order valence-corrected chi connectivity index (χ0v) is 16.4. The van der Waals surface area contributed by atoms with E-state index in [1.165, 1.54) is 28.1 Å². The number of aromatic nitrogens is 1. The minimum absolute atomic E-state index is 1.03. The summed E-state index contributed by atoms with van der Waals surface area (Å²) in [4.78, 5) is 5.12. The van der Waals surface area contributed by atoms with Gasteiger partial charge in [-0.25, -0.2) is 0 Å². The second-order valence-corrected chi connectivity index (χ2v) is 7.46. The van der Waals surface area contributed by atoms with Crippen LogP contribution < -0.4 is 4.90 Å². The fourth-order valence-electron chi connectivity index (χ4n) is 4.06. The van der Waals surface area contributed by atoms with Gasteiger partial charge in [0.05, 0.1) is 0 Å². The topological polar surface area (TPSA) is 11.4 Å². The number of hydrogen-bond acceptors (Lipinski definition) is 2. The molecule has 0 atom stereocenters. The average Bonchev–Trinajstić information content (AvgIpc) is 3.17. The Bertz CT molecular complexity index is 888. The molecule has 2 aromatic carbocycles. The molecule has 0 aliphatic carbocycles. The van der Waals surface area contributed by atoms with Gasteiger partial charge in [-0.15, -0.1) is 0 Å². The molecule has 1 aromatic heterocycles. The first-order valence-corrected chi connectivity index (χ1v) is 10.0. The van der Waals surface area contributed by atoms with E-state index >= 15 is 0 Å². The smallest absolute Gasteiger partial charge is 0.0478 e. The zero-order valence-electron chi connectivity index (χ0n) is 16.4. The molecule has 2 heterocycles. The molecular weight excluding hydrogens is 330 g/mol. The van der Waals surface area contributed by atoms with Crippen LogP contribution in [0.4, 0.5) is 5.69 Å². The molecule has 0 unspecified atom stereocenters. The first-order valence-electron chi connectivity index (χ1n) is 10.0. The second-order valence-electron chi connectivity index (χ2n) is 7.46. The van der Waals surface area contributed by atoms with Crippen LogP contribution in [0.15, 0.2) is 67.0 Å². The Morgan fingerprint density at radius 2 is 1.52 bits per heavy atom. The van der Waals surface area contributed by atoms with Crippen LogP contribution in [0.25, 0.3) is 5.69 Å². The van der Waals surface area contributed by atoms with E-state index in [0.717, 1.165) is 39.1 Å². The van der Waals surface area contributed by atoms with Crippen LogP contribution in [0.3, 0.4) is 0 Å². The third-order valence-electron chi connectivity index (χ3n) is 5.64. The van der Waals surface area contributed by atoms with Gasteiger partial charge in [-0.3, -0.25) is 4.90 Å². The Morgan fingerprint density at radius 3 is 2.26 bits per heavy atom. The van der Waals surface area contributed by atoms with Gasteiger partial charge in [0.2, 0.25) is 0 Å². The highest BCUT2D eigenvalue weighted by molar-refractivity contribution is 5.54. The van der Waals surface area contributed by atoms with Gasteiger partial charge in [-0.2, -0.15) is 0 Å². The number of aryl methyl sites for hydroxylation is 2. The predicted octanol–water partition coefficient (Wildman–Crippen LogP) is 4.67. The van der Waals surface area contributed by atoms with Crippen LogP contribution in [0, 0.1) is 6.92 Å². The standard InChI is InChI=1S/C24H29N3/c1-3-22-9-5-7-11-24(22)26-16-14-25(15-17-26)18-21-12-13-27(19-21)23-10-6-4-8-20(23)2/h4-13,19H,3,14-18H2,1-2H3. The summed E-state index contributed by atoms with van der Waals surface area (Å²) >= 11 is 0. The van der Waals surface area contributed by atoms with Crippen LogP contribution in [0.5, 0.6) is 0 Å². The van der Waals surface area contributed by atoms with Gasteiger partial charge >= 0.3 is 0 Å². The van der Waals surface area contributed by atoms with E-state index in [0.29, 0.717) is 0 Å². The summed E-state index contributed by atoms with van der Waals surface area (Å²) in [5.74, 6) is 0. The van der Waals surface area contributed by atoms with Crippen molar-refractivity contribution in [1.29, 1.82) is 0 Å². The fraction of sp³-hybridized carbons (Fsp3) is 0.333. The number of nitrogens with zero attached hydrogens (tertiary/aromatic N) is 3. The molecule has 1 saturated heterocycles. The van der Waals surface area contributed by atoms with Gasteiger partial charge in [-0.1, -0.05) is 43.3 Å². The summed E-state index contributed by atoms with van der Waals surface area (Å²) in [6.45, 7) is 9.89. The largest absolute Gasteiger partial charge is 0.369 e. The lowest BCUT2D eigenvalue weighted by Crippen LogP contribution is -2.46. The van der Waals surface area contributed by atoms with Crippen molar-refractivity contribution in [3.63, 3.8) is 0 Å². The maximum Gasteiger partial charge on any atom is 0.0478 e. The van der Waals surface area contributed by atoms with E-state index in [1.54, 1.807) is 0 Å². The van der Waals surface area contributed by atoms with Crippen molar-refractivity contribution in [3.05, 3.63) is 83.7 Å². The Morgan fingerprint density at radius 1 is 0.815 bits per heavy atom. The summed E-state index contributed by atoms with van der Waals surface area (Å²) in [7, 11) is 0. The SMILES string of the molecule is CCc1ccccc1N1CCN(Cc2ccn(-c3ccccc3C)c2)CC1. The molecule has 1 aliphatic heterocycles. The van der Waals surface area contributed by atoms with Crippen LogP contribution in [-0.2, 0) is 13.0 Å². The fourth-order valence-corrected chi connectivity index (χ4v) is 4.06. The number of para-hydroxylation sites is 2. The first kappa shape index (κ1) is 17.9. The van der Waals surface area contributed by atoms with Crippen molar-refractivity contribution in [2.75, 3.05) is 31.1 Å². The zero-order chi connectivity index (χ0) is 18.6. The maximum atomic E-state index is 2.57. The number of benzene rings is 2. The predicted molar refractivity (Wildman–Crippen MR) is 114 cm³/mol. The molecule has 1 fully saturated rings. The van der Waals surface area contributed by atoms with Crippen LogP contribution in [0.1, 0.15) is 23.6 Å². The van der Waals surface area contributed by atoms with Gasteiger partial charge in [0.15, 0.2) is 0 Å². The van der Waals surface area contributed by atoms with Crippen molar-refractivity contribution in [3.8, 4) is 5.69 Å². The highest BCUT2D eigenvalue weighted by Crippen LogP contribution is 2.23. The van der Waals surface area contributed by atoms with Gasteiger partial charge in [-0.05, 0) is 48.2 Å². The van der Waals surface area contributed by atoms with Gasteiger partial charge in [0.1, 0.15) is 0 Å². The highest BCUT2D eigenvalue weighted by Gasteiger charge is 2.19. The molecule has 0 amide bonds. The Hall–Kier alpha value is -2.52. The molecule has 4 rings (SSSR count). The van der Waals surface area contributed by atoms with E-state index in [1.807, 2.05) is 0 Å². The molecule has 0 radical (unpaired) electrons. The van der Waals surface area contributed by atoms with E-state index in [4.69, 9.17) is 0 Å². The van der Waals surface area contributed by atoms with E-state index < -0.39 is 0 Å². The van der Waals surface area contributed by atoms with Crippen LogP contribution in [-0.4, -0.2) is 35.6 Å². The van der Waals surface area contributed by atoms with E-state index in [9.17, 15) is 0 Å². The molecule has 0 saturated carbocycles. The van der Waals surface area contributed by atoms with Crippen molar-refractivity contribution >= 4 is 5.69 Å². The molecule has 27 heavy (non-hydrogen) atoms. The third-order valence-corrected chi connectivity index (χ3v) is 5.64. The summed E-state index contributed by atoms with van der Waals surface area (Å²) in [5.41, 5.74) is 6.85. The lowest BCUT2D eigenvalue weighted by atomic mass is 10.1. The van der Waals surface area contributed by atoms with Crippen molar-refractivity contribution in [1.82, 2.24) is 9.47 Å². The Balaban J connectivity index is 1.38. The van der Waals surface area contributed by atoms with Gasteiger partial charge in [0.25, 0.3) is 0 Å². The molecule has 0 N–H and O–H groups in total. The summed E-state index contributed by atoms with van der Waals surface area (Å²) in [5, 5.41) is 0. The quantitative estimate of drug-likeness (QED) is 0.656. The molecule has 140 valence electrons. The van der Waals surface area contributed by atoms with E-state index in [2.05, 4.69) is 95.2 Å². The summed E-state index contributed by atoms with van der Waals surface area (Å²) in [6.07, 6.45) is 5.56. The molecule has 0 bridgehead atoms. The molecular formula is C24H29N3. The number of piperazine rings is 1. The number of anilines is 1. The number of rotatable bonds is 5. The third kappa shape index (κ3) is 3.93. The summed E-state index contributed by atoms with van der Waals surface area (Å²) < 4.78 is 2.25. The molecule has 0 spiro atoms. The Labute approximate surface area is 162 Å². The van der Waals surface area contributed by atoms with Crippen molar-refractivity contribution in [2.45, 2.75) is 26.8 Å². The van der Waals surface area contributed by atoms with Gasteiger partial charge < -0.3 is 9.47 Å². The maximum absolute atomic E-state index is 2.57. The normalized spacial score (nSPS) is 15.3. The van der Waals surface area contributed by atoms with Crippen LogP contribution >= 0.6 is 0 Å². The average molecular weight is 360 g/mol. The molecule has 3 aromatic rings. The summed E-state index contributed by atoms with van der Waals surface area (Å²) in [6, 6.07) is 19.7. The van der Waals surface area contributed by atoms with E-state index in [-0.39, 0.29) is 0 Å². The molecule has 3 nitrogen and oxygen atoms in total. The highest BCUT2D eigenvalue weighted by atomic mass is 15.3.